The lowest BCUT2D eigenvalue weighted by Gasteiger charge is -2.20. The average molecular weight is 342 g/mol. The molecule has 0 spiro atoms. The summed E-state index contributed by atoms with van der Waals surface area (Å²) in [5.74, 6) is 0.330. The summed E-state index contributed by atoms with van der Waals surface area (Å²) in [6.07, 6.45) is 0. The molecular weight excluding hydrogens is 324 g/mol. The van der Waals surface area contributed by atoms with Crippen LogP contribution in [0, 0.1) is 0 Å². The van der Waals surface area contributed by atoms with E-state index in [0.29, 0.717) is 5.75 Å². The van der Waals surface area contributed by atoms with E-state index in [-0.39, 0.29) is 5.25 Å². The molecule has 1 nitrogen and oxygen atoms in total. The maximum atomic E-state index is 10.2. The van der Waals surface area contributed by atoms with Gasteiger partial charge in [-0.05, 0) is 34.7 Å². The van der Waals surface area contributed by atoms with Crippen molar-refractivity contribution in [3.63, 3.8) is 0 Å². The fourth-order valence-electron chi connectivity index (χ4n) is 3.11. The van der Waals surface area contributed by atoms with Gasteiger partial charge in [-0.3, -0.25) is 0 Å². The van der Waals surface area contributed by atoms with Crippen LogP contribution in [-0.2, 0) is 0 Å². The van der Waals surface area contributed by atoms with Gasteiger partial charge in [-0.1, -0.05) is 78.9 Å². The molecule has 0 bridgehead atoms. The molecule has 0 radical (unpaired) electrons. The van der Waals surface area contributed by atoms with Crippen LogP contribution in [0.1, 0.15) is 16.4 Å². The first-order valence-electron chi connectivity index (χ1n) is 8.30. The molecular formula is C23H18OS. The van der Waals surface area contributed by atoms with E-state index in [2.05, 4.69) is 54.6 Å². The molecule has 1 atom stereocenters. The second-order valence-corrected chi connectivity index (χ2v) is 7.12. The van der Waals surface area contributed by atoms with Crippen molar-refractivity contribution >= 4 is 22.5 Å². The first-order chi connectivity index (χ1) is 12.3. The van der Waals surface area contributed by atoms with Crippen LogP contribution >= 0.6 is 11.8 Å². The molecule has 0 fully saturated rings. The minimum atomic E-state index is 0.161. The Morgan fingerprint density at radius 2 is 1.20 bits per heavy atom. The zero-order chi connectivity index (χ0) is 17.1. The molecule has 4 rings (SSSR count). The maximum absolute atomic E-state index is 10.2. The molecule has 4 aromatic carbocycles. The lowest BCUT2D eigenvalue weighted by molar-refractivity contribution is 0.481. The summed E-state index contributed by atoms with van der Waals surface area (Å²) in [4.78, 5) is 1.23. The van der Waals surface area contributed by atoms with Gasteiger partial charge in [0, 0.05) is 10.3 Å². The molecule has 0 aliphatic heterocycles. The van der Waals surface area contributed by atoms with Crippen LogP contribution in [-0.4, -0.2) is 5.11 Å². The Labute approximate surface area is 152 Å². The molecule has 0 heterocycles. The third kappa shape index (κ3) is 3.26. The normalized spacial score (nSPS) is 12.2. The Balaban J connectivity index is 1.88. The molecule has 0 amide bonds. The Kier molecular flexibility index (Phi) is 4.45. The Morgan fingerprint density at radius 3 is 1.92 bits per heavy atom. The number of rotatable bonds is 4. The van der Waals surface area contributed by atoms with Gasteiger partial charge in [0.25, 0.3) is 0 Å². The maximum Gasteiger partial charge on any atom is 0.123 e. The largest absolute Gasteiger partial charge is 0.507 e. The van der Waals surface area contributed by atoms with E-state index in [4.69, 9.17) is 0 Å². The Hall–Kier alpha value is -2.71. The Bertz CT molecular complexity index is 981. The molecule has 122 valence electrons. The first kappa shape index (κ1) is 15.8. The van der Waals surface area contributed by atoms with E-state index in [0.717, 1.165) is 10.8 Å². The minimum Gasteiger partial charge on any atom is -0.507 e. The summed E-state index contributed by atoms with van der Waals surface area (Å²) in [6, 6.07) is 32.9. The van der Waals surface area contributed by atoms with E-state index >= 15 is 0 Å². The van der Waals surface area contributed by atoms with Crippen LogP contribution in [0.3, 0.4) is 0 Å². The zero-order valence-corrected chi connectivity index (χ0v) is 14.5. The van der Waals surface area contributed by atoms with Crippen molar-refractivity contribution in [3.05, 3.63) is 108 Å². The Morgan fingerprint density at radius 1 is 0.600 bits per heavy atom. The van der Waals surface area contributed by atoms with Gasteiger partial charge < -0.3 is 5.11 Å². The van der Waals surface area contributed by atoms with E-state index in [1.807, 2.05) is 48.2 Å². The summed E-state index contributed by atoms with van der Waals surface area (Å²) in [5.41, 5.74) is 2.47. The molecule has 0 aliphatic carbocycles. The van der Waals surface area contributed by atoms with Gasteiger partial charge in [-0.25, -0.2) is 0 Å². The quantitative estimate of drug-likeness (QED) is 0.431. The van der Waals surface area contributed by atoms with Gasteiger partial charge in [-0.15, -0.1) is 11.8 Å². The van der Waals surface area contributed by atoms with Gasteiger partial charge in [0.05, 0.1) is 5.25 Å². The molecule has 0 aromatic heterocycles. The highest BCUT2D eigenvalue weighted by atomic mass is 32.2. The number of aromatic hydroxyl groups is 1. The standard InChI is InChI=1S/C23H18OS/c24-22-16-15-21(19-13-7-8-14-20(19)22)23(17-9-3-1-4-10-17)25-18-11-5-2-6-12-18/h1-16,23-24H. The minimum absolute atomic E-state index is 0.161. The van der Waals surface area contributed by atoms with Crippen LogP contribution in [0.25, 0.3) is 10.8 Å². The van der Waals surface area contributed by atoms with Crippen LogP contribution in [0.15, 0.2) is 102 Å². The van der Waals surface area contributed by atoms with Gasteiger partial charge in [0.2, 0.25) is 0 Å². The summed E-state index contributed by atoms with van der Waals surface area (Å²) < 4.78 is 0. The van der Waals surface area contributed by atoms with Crippen LogP contribution in [0.5, 0.6) is 5.75 Å². The fourth-order valence-corrected chi connectivity index (χ4v) is 4.32. The smallest absolute Gasteiger partial charge is 0.123 e. The van der Waals surface area contributed by atoms with Crippen molar-refractivity contribution in [1.82, 2.24) is 0 Å². The summed E-state index contributed by atoms with van der Waals surface area (Å²) in [7, 11) is 0. The SMILES string of the molecule is Oc1ccc(C(Sc2ccccc2)c2ccccc2)c2ccccc12. The summed E-state index contributed by atoms with van der Waals surface area (Å²) in [5, 5.41) is 12.4. The highest BCUT2D eigenvalue weighted by Crippen LogP contribution is 2.44. The molecule has 1 unspecified atom stereocenters. The highest BCUT2D eigenvalue weighted by Gasteiger charge is 2.19. The topological polar surface area (TPSA) is 20.2 Å². The van der Waals surface area contributed by atoms with E-state index in [1.165, 1.54) is 16.0 Å². The molecule has 0 saturated heterocycles. The number of phenolic OH excluding ortho intramolecular Hbond substituents is 1. The fraction of sp³-hybridized carbons (Fsp3) is 0.0435. The van der Waals surface area contributed by atoms with Crippen LogP contribution in [0.2, 0.25) is 0 Å². The van der Waals surface area contributed by atoms with Crippen LogP contribution in [0.4, 0.5) is 0 Å². The molecule has 0 saturated carbocycles. The van der Waals surface area contributed by atoms with E-state index < -0.39 is 0 Å². The third-order valence-corrected chi connectivity index (χ3v) is 5.62. The van der Waals surface area contributed by atoms with Gasteiger partial charge in [-0.2, -0.15) is 0 Å². The van der Waals surface area contributed by atoms with Crippen molar-refractivity contribution in [2.45, 2.75) is 10.1 Å². The number of fused-ring (bicyclic) bond motifs is 1. The third-order valence-electron chi connectivity index (χ3n) is 4.32. The second kappa shape index (κ2) is 7.04. The lowest BCUT2D eigenvalue weighted by Crippen LogP contribution is -1.98. The zero-order valence-electron chi connectivity index (χ0n) is 13.7. The second-order valence-electron chi connectivity index (χ2n) is 5.94. The van der Waals surface area contributed by atoms with Crippen molar-refractivity contribution < 1.29 is 5.11 Å². The van der Waals surface area contributed by atoms with Gasteiger partial charge >= 0.3 is 0 Å². The number of hydrogen-bond acceptors (Lipinski definition) is 2. The number of phenols is 1. The molecule has 2 heteroatoms. The monoisotopic (exact) mass is 342 g/mol. The van der Waals surface area contributed by atoms with Crippen LogP contribution < -0.4 is 0 Å². The highest BCUT2D eigenvalue weighted by molar-refractivity contribution is 7.99. The predicted octanol–water partition coefficient (Wildman–Crippen LogP) is 6.43. The first-order valence-corrected chi connectivity index (χ1v) is 9.18. The van der Waals surface area contributed by atoms with Gasteiger partial charge in [0.15, 0.2) is 0 Å². The molecule has 1 N–H and O–H groups in total. The van der Waals surface area contributed by atoms with Crippen molar-refractivity contribution in [3.8, 4) is 5.75 Å². The van der Waals surface area contributed by atoms with Crippen molar-refractivity contribution in [1.29, 1.82) is 0 Å². The lowest BCUT2D eigenvalue weighted by atomic mass is 9.97. The molecule has 0 aliphatic rings. The number of hydrogen-bond donors (Lipinski definition) is 1. The van der Waals surface area contributed by atoms with E-state index in [1.54, 1.807) is 6.07 Å². The predicted molar refractivity (Wildman–Crippen MR) is 106 cm³/mol. The van der Waals surface area contributed by atoms with E-state index in [9.17, 15) is 5.11 Å². The number of thioether (sulfide) groups is 1. The summed E-state index contributed by atoms with van der Waals surface area (Å²) in [6.45, 7) is 0. The average Bonchev–Trinajstić information content (AvgIpc) is 2.69. The van der Waals surface area contributed by atoms with Crippen molar-refractivity contribution in [2.75, 3.05) is 0 Å². The van der Waals surface area contributed by atoms with Crippen molar-refractivity contribution in [2.24, 2.45) is 0 Å². The number of benzene rings is 4. The molecule has 4 aromatic rings. The molecule has 25 heavy (non-hydrogen) atoms. The summed E-state index contributed by atoms with van der Waals surface area (Å²) >= 11 is 1.83. The van der Waals surface area contributed by atoms with Gasteiger partial charge in [0.1, 0.15) is 5.75 Å².